The molecule has 2 heterocycles. The predicted molar refractivity (Wildman–Crippen MR) is 138 cm³/mol. The molecule has 230 valence electrons. The molecule has 1 atom stereocenters. The number of anilines is 2. The van der Waals surface area contributed by atoms with Crippen LogP contribution in [0.25, 0.3) is 0 Å². The zero-order valence-electron chi connectivity index (χ0n) is 22.7. The number of halogens is 7. The number of hydrogen-bond acceptors (Lipinski definition) is 5. The first-order valence-electron chi connectivity index (χ1n) is 13.1. The summed E-state index contributed by atoms with van der Waals surface area (Å²) in [6.07, 6.45) is -11.8. The van der Waals surface area contributed by atoms with Gasteiger partial charge < -0.3 is 19.7 Å². The molecule has 0 bridgehead atoms. The number of amides is 3. The molecule has 0 aromatic heterocycles. The molecule has 1 N–H and O–H groups in total. The first kappa shape index (κ1) is 31.3. The fourth-order valence-corrected chi connectivity index (χ4v) is 4.77. The summed E-state index contributed by atoms with van der Waals surface area (Å²) < 4.78 is 108. The lowest BCUT2D eigenvalue weighted by molar-refractivity contribution is -0.143. The molecule has 0 spiro atoms. The number of nitrogens with one attached hydrogen (secondary N) is 1. The fraction of sp³-hybridized carbons (Fsp3) is 0.481. The summed E-state index contributed by atoms with van der Waals surface area (Å²) in [6.45, 7) is 4.60. The molecule has 2 aromatic carbocycles. The number of alkyl halides is 6. The quantitative estimate of drug-likeness (QED) is 0.398. The summed E-state index contributed by atoms with van der Waals surface area (Å²) in [6, 6.07) is 3.09. The Kier molecular flexibility index (Phi) is 9.21. The summed E-state index contributed by atoms with van der Waals surface area (Å²) in [4.78, 5) is 29.5. The number of ether oxygens (including phenoxy) is 2. The minimum absolute atomic E-state index is 0.0116. The number of carbonyl (C=O) groups excluding carboxylic acids is 2. The van der Waals surface area contributed by atoms with Crippen molar-refractivity contribution < 1.29 is 49.8 Å². The van der Waals surface area contributed by atoms with Gasteiger partial charge in [0.2, 0.25) is 0 Å². The topological polar surface area (TPSA) is 74.3 Å². The van der Waals surface area contributed by atoms with E-state index in [1.807, 2.05) is 0 Å². The third-order valence-corrected chi connectivity index (χ3v) is 6.82. The lowest BCUT2D eigenvalue weighted by Gasteiger charge is -2.29. The molecule has 3 amide bonds. The van der Waals surface area contributed by atoms with Crippen LogP contribution in [0, 0.1) is 5.82 Å². The Labute approximate surface area is 236 Å². The minimum atomic E-state index is -5.39. The van der Waals surface area contributed by atoms with Gasteiger partial charge in [0, 0.05) is 44.5 Å². The first-order chi connectivity index (χ1) is 19.7. The Morgan fingerprint density at radius 3 is 2.36 bits per heavy atom. The number of morpholine rings is 1. The van der Waals surface area contributed by atoms with Crippen LogP contribution < -0.4 is 19.9 Å². The van der Waals surface area contributed by atoms with Crippen molar-refractivity contribution in [2.75, 3.05) is 49.1 Å². The van der Waals surface area contributed by atoms with Gasteiger partial charge in [-0.1, -0.05) is 0 Å². The Morgan fingerprint density at radius 2 is 1.79 bits per heavy atom. The lowest BCUT2D eigenvalue weighted by Crippen LogP contribution is -2.41. The van der Waals surface area contributed by atoms with Gasteiger partial charge >= 0.3 is 24.5 Å². The van der Waals surface area contributed by atoms with Crippen molar-refractivity contribution in [2.24, 2.45) is 0 Å². The largest absolute Gasteiger partial charge is 0.420 e. The van der Waals surface area contributed by atoms with E-state index in [1.54, 1.807) is 0 Å². The molecule has 0 aliphatic carbocycles. The van der Waals surface area contributed by atoms with Gasteiger partial charge in [-0.15, -0.1) is 0 Å². The van der Waals surface area contributed by atoms with Crippen LogP contribution in [0.4, 0.5) is 51.7 Å². The molecule has 2 saturated heterocycles. The van der Waals surface area contributed by atoms with E-state index < -0.39 is 58.9 Å². The summed E-state index contributed by atoms with van der Waals surface area (Å²) >= 11 is 0. The van der Waals surface area contributed by atoms with Crippen molar-refractivity contribution in [1.29, 1.82) is 0 Å². The van der Waals surface area contributed by atoms with E-state index in [9.17, 15) is 40.3 Å². The van der Waals surface area contributed by atoms with Crippen LogP contribution in [0.5, 0.6) is 5.75 Å². The van der Waals surface area contributed by atoms with Gasteiger partial charge in [-0.2, -0.15) is 26.3 Å². The van der Waals surface area contributed by atoms with Gasteiger partial charge in [-0.05, 0) is 56.7 Å². The highest BCUT2D eigenvalue weighted by atomic mass is 19.4. The molecule has 2 aliphatic rings. The van der Waals surface area contributed by atoms with E-state index in [4.69, 9.17) is 9.47 Å². The number of urea groups is 1. The van der Waals surface area contributed by atoms with Gasteiger partial charge in [0.15, 0.2) is 5.75 Å². The Morgan fingerprint density at radius 1 is 1.10 bits per heavy atom. The summed E-state index contributed by atoms with van der Waals surface area (Å²) in [5.41, 5.74) is -4.33. The van der Waals surface area contributed by atoms with Gasteiger partial charge in [-0.3, -0.25) is 9.80 Å². The molecule has 8 nitrogen and oxygen atoms in total. The van der Waals surface area contributed by atoms with Crippen LogP contribution in [0.3, 0.4) is 0 Å². The molecule has 2 aromatic rings. The molecular formula is C27H29F7N4O4. The SMILES string of the molecule is CC(C)N(C(=O)Oc1c(N2CCN(CCC3CNCCO3)C2=O)cc(C(F)(F)F)cc1C(F)(F)F)c1ccc(F)cc1. The van der Waals surface area contributed by atoms with E-state index in [2.05, 4.69) is 5.32 Å². The molecule has 0 saturated carbocycles. The second-order valence-electron chi connectivity index (χ2n) is 10.1. The van der Waals surface area contributed by atoms with Crippen molar-refractivity contribution >= 4 is 23.5 Å². The molecule has 4 rings (SSSR count). The van der Waals surface area contributed by atoms with E-state index in [0.29, 0.717) is 32.2 Å². The molecule has 2 aliphatic heterocycles. The van der Waals surface area contributed by atoms with Crippen molar-refractivity contribution in [2.45, 2.75) is 44.8 Å². The number of carbonyl (C=O) groups is 2. The summed E-state index contributed by atoms with van der Waals surface area (Å²) in [5, 5.41) is 3.13. The van der Waals surface area contributed by atoms with Crippen LogP contribution in [0.15, 0.2) is 36.4 Å². The van der Waals surface area contributed by atoms with Gasteiger partial charge in [-0.25, -0.2) is 14.0 Å². The molecule has 15 heteroatoms. The third-order valence-electron chi connectivity index (χ3n) is 6.82. The molecule has 2 fully saturated rings. The van der Waals surface area contributed by atoms with Crippen molar-refractivity contribution in [3.8, 4) is 5.75 Å². The van der Waals surface area contributed by atoms with Gasteiger partial charge in [0.1, 0.15) is 11.4 Å². The van der Waals surface area contributed by atoms with E-state index in [-0.39, 0.29) is 37.5 Å². The van der Waals surface area contributed by atoms with E-state index >= 15 is 0 Å². The highest BCUT2D eigenvalue weighted by Crippen LogP contribution is 2.47. The van der Waals surface area contributed by atoms with Crippen molar-refractivity contribution in [3.05, 3.63) is 53.3 Å². The van der Waals surface area contributed by atoms with Crippen molar-refractivity contribution in [1.82, 2.24) is 10.2 Å². The molecule has 0 radical (unpaired) electrons. The molecule has 42 heavy (non-hydrogen) atoms. The fourth-order valence-electron chi connectivity index (χ4n) is 4.77. The Hall–Kier alpha value is -3.59. The van der Waals surface area contributed by atoms with E-state index in [1.165, 1.54) is 30.9 Å². The van der Waals surface area contributed by atoms with Crippen LogP contribution in [0.1, 0.15) is 31.4 Å². The summed E-state index contributed by atoms with van der Waals surface area (Å²) in [5.74, 6) is -1.88. The maximum atomic E-state index is 14.2. The monoisotopic (exact) mass is 606 g/mol. The number of hydrogen-bond donors (Lipinski definition) is 1. The number of rotatable bonds is 7. The average Bonchev–Trinajstić information content (AvgIpc) is 3.27. The van der Waals surface area contributed by atoms with Crippen LogP contribution in [-0.4, -0.2) is 68.5 Å². The zero-order chi connectivity index (χ0) is 30.8. The summed E-state index contributed by atoms with van der Waals surface area (Å²) in [7, 11) is 0. The standard InChI is InChI=1S/C27H29F7N4O4/c1-16(2)38(19-5-3-18(28)4-6-19)25(40)42-23-21(27(32,33)34)13-17(26(29,30)31)14-22(23)37-11-10-36(24(37)39)9-7-20-15-35-8-12-41-20/h3-6,13-14,16,20,35H,7-12,15H2,1-2H3. The first-order valence-corrected chi connectivity index (χ1v) is 13.1. The Balaban J connectivity index is 1.73. The minimum Gasteiger partial charge on any atom is -0.407 e. The maximum Gasteiger partial charge on any atom is 0.420 e. The highest BCUT2D eigenvalue weighted by Gasteiger charge is 2.44. The highest BCUT2D eigenvalue weighted by molar-refractivity contribution is 5.98. The lowest BCUT2D eigenvalue weighted by atomic mass is 10.1. The van der Waals surface area contributed by atoms with Crippen molar-refractivity contribution in [3.63, 3.8) is 0 Å². The third kappa shape index (κ3) is 7.06. The number of nitrogens with zero attached hydrogens (tertiary/aromatic N) is 3. The second kappa shape index (κ2) is 12.3. The van der Waals surface area contributed by atoms with Crippen LogP contribution in [-0.2, 0) is 17.1 Å². The smallest absolute Gasteiger partial charge is 0.407 e. The number of benzene rings is 2. The predicted octanol–water partition coefficient (Wildman–Crippen LogP) is 5.90. The van der Waals surface area contributed by atoms with Gasteiger partial charge in [0.25, 0.3) is 0 Å². The zero-order valence-corrected chi connectivity index (χ0v) is 22.7. The average molecular weight is 607 g/mol. The van der Waals surface area contributed by atoms with E-state index in [0.717, 1.165) is 21.9 Å². The normalized spacial score (nSPS) is 18.1. The Bertz CT molecular complexity index is 1280. The van der Waals surface area contributed by atoms with Crippen LogP contribution >= 0.6 is 0 Å². The maximum absolute atomic E-state index is 14.2. The second-order valence-corrected chi connectivity index (χ2v) is 10.1. The van der Waals surface area contributed by atoms with Crippen LogP contribution in [0.2, 0.25) is 0 Å². The van der Waals surface area contributed by atoms with Gasteiger partial charge in [0.05, 0.1) is 24.0 Å². The molecule has 1 unspecified atom stereocenters. The molecular weight excluding hydrogens is 577 g/mol.